The lowest BCUT2D eigenvalue weighted by Gasteiger charge is -2.18. The molecule has 5 heteroatoms. The van der Waals surface area contributed by atoms with Crippen molar-refractivity contribution < 1.29 is 23.8 Å². The number of esters is 2. The predicted octanol–water partition coefficient (Wildman–Crippen LogP) is 18.0. The van der Waals surface area contributed by atoms with Crippen LogP contribution < -0.4 is 0 Å². The molecule has 0 heterocycles. The Bertz CT molecular complexity index is 1280. The van der Waals surface area contributed by atoms with Crippen LogP contribution in [0.15, 0.2) is 109 Å². The Kier molecular flexibility index (Phi) is 51.0. The Morgan fingerprint density at radius 3 is 1.23 bits per heavy atom. The van der Waals surface area contributed by atoms with E-state index in [4.69, 9.17) is 14.2 Å². The van der Waals surface area contributed by atoms with Crippen molar-refractivity contribution in [3.63, 3.8) is 0 Å². The highest BCUT2D eigenvalue weighted by Gasteiger charge is 2.17. The van der Waals surface area contributed by atoms with Gasteiger partial charge in [-0.25, -0.2) is 0 Å². The Hall–Kier alpha value is -3.44. The molecule has 64 heavy (non-hydrogen) atoms. The zero-order valence-electron chi connectivity index (χ0n) is 41.8. The van der Waals surface area contributed by atoms with E-state index in [-0.39, 0.29) is 25.2 Å². The summed E-state index contributed by atoms with van der Waals surface area (Å²) in [5.74, 6) is -0.484. The zero-order valence-corrected chi connectivity index (χ0v) is 41.8. The van der Waals surface area contributed by atoms with Crippen molar-refractivity contribution >= 4 is 11.9 Å². The monoisotopic (exact) mass is 887 g/mol. The first-order valence-corrected chi connectivity index (χ1v) is 26.4. The quantitative estimate of drug-likeness (QED) is 0.0346. The fourth-order valence-electron chi connectivity index (χ4n) is 6.85. The summed E-state index contributed by atoms with van der Waals surface area (Å²) < 4.78 is 17.4. The van der Waals surface area contributed by atoms with Crippen molar-refractivity contribution in [2.24, 2.45) is 0 Å². The number of carbonyl (C=O) groups excluding carboxylic acids is 2. The molecule has 1 unspecified atom stereocenters. The van der Waals surface area contributed by atoms with Gasteiger partial charge in [-0.3, -0.25) is 9.59 Å². The van der Waals surface area contributed by atoms with Gasteiger partial charge in [0.15, 0.2) is 6.10 Å². The van der Waals surface area contributed by atoms with E-state index >= 15 is 0 Å². The van der Waals surface area contributed by atoms with Crippen LogP contribution >= 0.6 is 0 Å². The summed E-state index contributed by atoms with van der Waals surface area (Å²) in [7, 11) is 0. The molecule has 0 saturated carbocycles. The molecule has 5 nitrogen and oxygen atoms in total. The molecule has 0 aromatic heterocycles. The van der Waals surface area contributed by atoms with Gasteiger partial charge in [0.25, 0.3) is 0 Å². The Morgan fingerprint density at radius 2 is 0.750 bits per heavy atom. The van der Waals surface area contributed by atoms with E-state index in [1.54, 1.807) is 0 Å². The summed E-state index contributed by atoms with van der Waals surface area (Å²) in [4.78, 5) is 25.4. The van der Waals surface area contributed by atoms with E-state index in [1.165, 1.54) is 89.9 Å². The van der Waals surface area contributed by atoms with Crippen molar-refractivity contribution in [1.82, 2.24) is 0 Å². The van der Waals surface area contributed by atoms with Crippen molar-refractivity contribution in [2.75, 3.05) is 19.8 Å². The number of hydrogen-bond donors (Lipinski definition) is 0. The SMILES string of the molecule is CC/C=C\C/C=C\C/C=C\C/C=C\C/C=C\CCCC(=O)OCC(COCCCCCCCC/C=C\C/C=C\CCC)OC(=O)CCCCCCCCC/C=C\C/C=C\CCCCC. The van der Waals surface area contributed by atoms with Gasteiger partial charge >= 0.3 is 11.9 Å². The molecule has 364 valence electrons. The molecule has 0 amide bonds. The van der Waals surface area contributed by atoms with Gasteiger partial charge in [-0.05, 0) is 116 Å². The van der Waals surface area contributed by atoms with Gasteiger partial charge < -0.3 is 14.2 Å². The van der Waals surface area contributed by atoms with Crippen LogP contribution in [0.2, 0.25) is 0 Å². The van der Waals surface area contributed by atoms with Crippen LogP contribution in [-0.2, 0) is 23.8 Å². The molecular formula is C59H98O5. The van der Waals surface area contributed by atoms with Crippen LogP contribution in [0.5, 0.6) is 0 Å². The summed E-state index contributed by atoms with van der Waals surface area (Å²) >= 11 is 0. The summed E-state index contributed by atoms with van der Waals surface area (Å²) in [6.07, 6.45) is 73.8. The van der Waals surface area contributed by atoms with Gasteiger partial charge in [-0.15, -0.1) is 0 Å². The summed E-state index contributed by atoms with van der Waals surface area (Å²) in [5.41, 5.74) is 0. The molecule has 1 atom stereocenters. The van der Waals surface area contributed by atoms with Gasteiger partial charge in [-0.1, -0.05) is 207 Å². The number of hydrogen-bond acceptors (Lipinski definition) is 5. The number of rotatable bonds is 47. The molecule has 0 N–H and O–H groups in total. The maximum absolute atomic E-state index is 12.8. The highest BCUT2D eigenvalue weighted by atomic mass is 16.6. The number of carbonyl (C=O) groups is 2. The molecule has 0 aliphatic heterocycles. The number of allylic oxidation sites excluding steroid dienone is 18. The zero-order chi connectivity index (χ0) is 46.3. The van der Waals surface area contributed by atoms with Gasteiger partial charge in [0, 0.05) is 19.4 Å². The van der Waals surface area contributed by atoms with Gasteiger partial charge in [0.05, 0.1) is 6.61 Å². The Morgan fingerprint density at radius 1 is 0.359 bits per heavy atom. The average molecular weight is 887 g/mol. The lowest BCUT2D eigenvalue weighted by atomic mass is 10.1. The first-order valence-electron chi connectivity index (χ1n) is 26.4. The van der Waals surface area contributed by atoms with E-state index in [9.17, 15) is 9.59 Å². The fraction of sp³-hybridized carbons (Fsp3) is 0.661. The second kappa shape index (κ2) is 53.9. The van der Waals surface area contributed by atoms with Gasteiger partial charge in [-0.2, -0.15) is 0 Å². The minimum Gasteiger partial charge on any atom is -0.462 e. The van der Waals surface area contributed by atoms with E-state index in [0.717, 1.165) is 103 Å². The third-order valence-corrected chi connectivity index (χ3v) is 10.7. The van der Waals surface area contributed by atoms with Gasteiger partial charge in [0.2, 0.25) is 0 Å². The molecule has 0 radical (unpaired) electrons. The molecule has 0 aliphatic rings. The minimum absolute atomic E-state index is 0.0423. The Balaban J connectivity index is 4.41. The molecule has 0 bridgehead atoms. The molecule has 0 aromatic rings. The lowest BCUT2D eigenvalue weighted by Crippen LogP contribution is -2.30. The normalized spacial score (nSPS) is 13.1. The first kappa shape index (κ1) is 60.6. The van der Waals surface area contributed by atoms with Crippen LogP contribution in [0, 0.1) is 0 Å². The number of unbranched alkanes of at least 4 members (excludes halogenated alkanes) is 18. The van der Waals surface area contributed by atoms with Crippen molar-refractivity contribution in [3.8, 4) is 0 Å². The lowest BCUT2D eigenvalue weighted by molar-refractivity contribution is -0.163. The topological polar surface area (TPSA) is 61.8 Å². The maximum Gasteiger partial charge on any atom is 0.306 e. The minimum atomic E-state index is -0.575. The van der Waals surface area contributed by atoms with E-state index in [0.29, 0.717) is 19.4 Å². The summed E-state index contributed by atoms with van der Waals surface area (Å²) in [6, 6.07) is 0. The molecule has 0 saturated heterocycles. The largest absolute Gasteiger partial charge is 0.462 e. The molecule has 0 fully saturated rings. The average Bonchev–Trinajstić information content (AvgIpc) is 3.30. The van der Waals surface area contributed by atoms with Crippen molar-refractivity contribution in [1.29, 1.82) is 0 Å². The van der Waals surface area contributed by atoms with Crippen LogP contribution in [0.1, 0.15) is 226 Å². The highest BCUT2D eigenvalue weighted by Crippen LogP contribution is 2.13. The van der Waals surface area contributed by atoms with Crippen LogP contribution in [0.3, 0.4) is 0 Å². The van der Waals surface area contributed by atoms with Crippen LogP contribution in [0.25, 0.3) is 0 Å². The Labute approximate surface area is 395 Å². The van der Waals surface area contributed by atoms with Crippen LogP contribution in [-0.4, -0.2) is 37.9 Å². The number of ether oxygens (including phenoxy) is 3. The summed E-state index contributed by atoms with van der Waals surface area (Å²) in [5, 5.41) is 0. The molecule has 0 rings (SSSR count). The molecule has 0 aromatic carbocycles. The first-order chi connectivity index (χ1) is 31.6. The molecular weight excluding hydrogens is 789 g/mol. The van der Waals surface area contributed by atoms with Crippen LogP contribution in [0.4, 0.5) is 0 Å². The summed E-state index contributed by atoms with van der Waals surface area (Å²) in [6.45, 7) is 7.53. The van der Waals surface area contributed by atoms with Crippen molar-refractivity contribution in [2.45, 2.75) is 232 Å². The fourth-order valence-corrected chi connectivity index (χ4v) is 6.85. The smallest absolute Gasteiger partial charge is 0.306 e. The molecule has 0 aliphatic carbocycles. The van der Waals surface area contributed by atoms with E-state index < -0.39 is 6.10 Å². The van der Waals surface area contributed by atoms with E-state index in [1.807, 2.05) is 0 Å². The standard InChI is InChI=1S/C59H98O5/c1-4-7-10-13-16-19-22-25-28-30-32-34-37-40-43-46-49-52-58(60)63-56-57(55-62-54-51-48-45-42-39-36-27-24-21-18-15-12-9-6-3)64-59(61)53-50-47-44-41-38-35-33-31-29-26-23-20-17-14-11-8-5-2/h7,10,12,15-17,19-21,24-26,28-29,32,34,40,43,57H,4-6,8-9,11,13-14,18,22-23,27,30-31,33,35-39,41-42,44-56H2,1-3H3/b10-7-,15-12-,19-16-,20-17-,24-21-,28-25-,29-26-,34-32-,43-40-. The molecule has 0 spiro atoms. The van der Waals surface area contributed by atoms with Crippen molar-refractivity contribution in [3.05, 3.63) is 109 Å². The highest BCUT2D eigenvalue weighted by molar-refractivity contribution is 5.70. The third kappa shape index (κ3) is 51.2. The third-order valence-electron chi connectivity index (χ3n) is 10.7. The predicted molar refractivity (Wildman–Crippen MR) is 279 cm³/mol. The van der Waals surface area contributed by atoms with Gasteiger partial charge in [0.1, 0.15) is 6.61 Å². The second-order valence-electron chi connectivity index (χ2n) is 17.0. The second-order valence-corrected chi connectivity index (χ2v) is 17.0. The van der Waals surface area contributed by atoms with E-state index in [2.05, 4.69) is 130 Å². The maximum atomic E-state index is 12.8.